The van der Waals surface area contributed by atoms with Gasteiger partial charge in [0.2, 0.25) is 0 Å². The number of hydrogen-bond acceptors (Lipinski definition) is 6. The molecular formula is C34H49NO6. The van der Waals surface area contributed by atoms with Crippen molar-refractivity contribution in [3.05, 3.63) is 23.8 Å². The lowest BCUT2D eigenvalue weighted by Crippen LogP contribution is -2.43. The third-order valence-corrected chi connectivity index (χ3v) is 13.2. The van der Waals surface area contributed by atoms with E-state index in [0.29, 0.717) is 17.4 Å². The average Bonchev–Trinajstić information content (AvgIpc) is 3.60. The maximum absolute atomic E-state index is 14.0. The first-order valence-electron chi connectivity index (χ1n) is 15.7. The van der Waals surface area contributed by atoms with Gasteiger partial charge < -0.3 is 14.2 Å². The zero-order valence-corrected chi connectivity index (χ0v) is 26.4. The number of carbonyl (C=O) groups excluding carboxylic acids is 3. The number of ether oxygens (including phenoxy) is 3. The molecule has 6 aliphatic rings. The van der Waals surface area contributed by atoms with Crippen LogP contribution in [0, 0.1) is 39.4 Å². The summed E-state index contributed by atoms with van der Waals surface area (Å²) < 4.78 is 18.2. The van der Waals surface area contributed by atoms with Crippen LogP contribution in [0.1, 0.15) is 101 Å². The van der Waals surface area contributed by atoms with Crippen molar-refractivity contribution in [3.8, 4) is 0 Å². The number of fused-ring (bicyclic) bond motifs is 6. The van der Waals surface area contributed by atoms with Crippen LogP contribution in [0.5, 0.6) is 0 Å². The molecule has 41 heavy (non-hydrogen) atoms. The Balaban J connectivity index is 1.27. The number of esters is 2. The number of rotatable bonds is 4. The second-order valence-electron chi connectivity index (χ2n) is 16.4. The largest absolute Gasteiger partial charge is 0.461 e. The van der Waals surface area contributed by atoms with E-state index in [1.165, 1.54) is 12.5 Å². The van der Waals surface area contributed by atoms with Crippen LogP contribution in [0.15, 0.2) is 23.8 Å². The van der Waals surface area contributed by atoms with Crippen molar-refractivity contribution in [1.82, 2.24) is 4.90 Å². The van der Waals surface area contributed by atoms with E-state index in [2.05, 4.69) is 41.5 Å². The fraction of sp³-hybridized carbons (Fsp3) is 0.794. The highest BCUT2D eigenvalue weighted by atomic mass is 16.6. The van der Waals surface area contributed by atoms with Crippen LogP contribution in [0.4, 0.5) is 4.79 Å². The van der Waals surface area contributed by atoms with E-state index in [0.717, 1.165) is 32.1 Å². The zero-order valence-electron chi connectivity index (χ0n) is 26.4. The summed E-state index contributed by atoms with van der Waals surface area (Å²) in [6, 6.07) is -1.10. The molecule has 2 aliphatic heterocycles. The van der Waals surface area contributed by atoms with Crippen LogP contribution < -0.4 is 0 Å². The first-order chi connectivity index (χ1) is 18.9. The Morgan fingerprint density at radius 1 is 0.854 bits per heavy atom. The van der Waals surface area contributed by atoms with E-state index in [9.17, 15) is 14.4 Å². The predicted octanol–water partition coefficient (Wildman–Crippen LogP) is 6.60. The number of nitrogens with zero attached hydrogens (tertiary/aromatic N) is 1. The normalized spacial score (nSPS) is 43.7. The van der Waals surface area contributed by atoms with E-state index in [4.69, 9.17) is 14.2 Å². The van der Waals surface area contributed by atoms with Crippen molar-refractivity contribution in [2.24, 2.45) is 39.4 Å². The summed E-state index contributed by atoms with van der Waals surface area (Å²) in [7, 11) is 0. The topological polar surface area (TPSA) is 82.1 Å². The van der Waals surface area contributed by atoms with Crippen LogP contribution in [0.3, 0.4) is 0 Å². The van der Waals surface area contributed by atoms with Crippen LogP contribution in [-0.2, 0) is 23.8 Å². The summed E-state index contributed by atoms with van der Waals surface area (Å²) in [6.45, 7) is 19.1. The molecule has 0 aromatic carbocycles. The molecule has 226 valence electrons. The highest BCUT2D eigenvalue weighted by Gasteiger charge is 2.65. The standard InChI is InChI=1S/C34H49NO6/c1-30(2,3)41-29(38)35-22-10-11-23(35)27(28(37)40-25-17-20-13-15-34(25,9)32(20,6)7)21(22)18-26(36)39-24-16-19-12-14-33(24,8)31(19,4)5/h10-11,18-20,22-25,27H,12-17H2,1-9H3/b21-18-/t19-,20-,22-,23+,24-,25-,27+,33+,34+/m1/s1. The summed E-state index contributed by atoms with van der Waals surface area (Å²) >= 11 is 0. The number of hydrogen-bond donors (Lipinski definition) is 0. The molecule has 0 spiro atoms. The van der Waals surface area contributed by atoms with Gasteiger partial charge in [-0.1, -0.05) is 53.7 Å². The molecule has 0 aromatic rings. The van der Waals surface area contributed by atoms with E-state index < -0.39 is 35.7 Å². The molecule has 0 N–H and O–H groups in total. The predicted molar refractivity (Wildman–Crippen MR) is 155 cm³/mol. The minimum Gasteiger partial charge on any atom is -0.461 e. The fourth-order valence-corrected chi connectivity index (χ4v) is 9.66. The maximum Gasteiger partial charge on any atom is 0.411 e. The Labute approximate surface area is 245 Å². The molecular weight excluding hydrogens is 518 g/mol. The average molecular weight is 568 g/mol. The van der Waals surface area contributed by atoms with Crippen molar-refractivity contribution < 1.29 is 28.6 Å². The van der Waals surface area contributed by atoms with Gasteiger partial charge in [0.15, 0.2) is 0 Å². The minimum absolute atomic E-state index is 0.0642. The SMILES string of the molecule is CC(C)(C)OC(=O)N1[C@@H]2C=C[C@H]1[C@@H](C(=O)O[C@@H]1C[C@H]3CC[C@]1(C)C3(C)C)/C2=C\C(=O)O[C@@H]1C[C@H]2CC[C@]1(C)C2(C)C. The summed E-state index contributed by atoms with van der Waals surface area (Å²) in [5.74, 6) is -0.493. The lowest BCUT2D eigenvalue weighted by molar-refractivity contribution is -0.160. The van der Waals surface area contributed by atoms with Crippen LogP contribution in [0.2, 0.25) is 0 Å². The summed E-state index contributed by atoms with van der Waals surface area (Å²) in [5.41, 5.74) is -0.0552. The molecule has 9 atom stereocenters. The van der Waals surface area contributed by atoms with E-state index >= 15 is 0 Å². The summed E-state index contributed by atoms with van der Waals surface area (Å²) in [4.78, 5) is 42.5. The van der Waals surface area contributed by atoms with Gasteiger partial charge in [0.25, 0.3) is 0 Å². The van der Waals surface area contributed by atoms with Crippen LogP contribution in [0.25, 0.3) is 0 Å². The first kappa shape index (κ1) is 28.8. The summed E-state index contributed by atoms with van der Waals surface area (Å²) in [5, 5.41) is 0. The molecule has 0 aromatic heterocycles. The zero-order chi connectivity index (χ0) is 29.9. The molecule has 4 aliphatic carbocycles. The van der Waals surface area contributed by atoms with Crippen molar-refractivity contribution in [2.75, 3.05) is 0 Å². The molecule has 2 heterocycles. The van der Waals surface area contributed by atoms with Crippen LogP contribution >= 0.6 is 0 Å². The maximum atomic E-state index is 14.0. The molecule has 7 heteroatoms. The number of amides is 1. The highest BCUT2D eigenvalue weighted by molar-refractivity contribution is 5.89. The van der Waals surface area contributed by atoms with Gasteiger partial charge in [-0.3, -0.25) is 9.69 Å². The third kappa shape index (κ3) is 3.99. The van der Waals surface area contributed by atoms with Gasteiger partial charge in [-0.25, -0.2) is 9.59 Å². The lowest BCUT2D eigenvalue weighted by Gasteiger charge is -2.39. The molecule has 1 saturated heterocycles. The lowest BCUT2D eigenvalue weighted by atomic mass is 9.70. The van der Waals surface area contributed by atoms with Crippen molar-refractivity contribution in [3.63, 3.8) is 0 Å². The Kier molecular flexibility index (Phi) is 6.22. The van der Waals surface area contributed by atoms with Gasteiger partial charge in [0.05, 0.1) is 12.1 Å². The Hall–Kier alpha value is -2.31. The van der Waals surface area contributed by atoms with Crippen molar-refractivity contribution in [2.45, 2.75) is 131 Å². The van der Waals surface area contributed by atoms with Gasteiger partial charge in [0.1, 0.15) is 23.7 Å². The molecule has 0 unspecified atom stereocenters. The Morgan fingerprint density at radius 2 is 1.39 bits per heavy atom. The van der Waals surface area contributed by atoms with E-state index in [1.54, 1.807) is 4.90 Å². The van der Waals surface area contributed by atoms with Gasteiger partial charge in [-0.05, 0) is 87.5 Å². The number of carbonyl (C=O) groups is 3. The molecule has 6 bridgehead atoms. The molecule has 1 amide bonds. The van der Waals surface area contributed by atoms with Gasteiger partial charge in [-0.2, -0.15) is 0 Å². The smallest absolute Gasteiger partial charge is 0.411 e. The van der Waals surface area contributed by atoms with Crippen molar-refractivity contribution in [1.29, 1.82) is 0 Å². The molecule has 6 rings (SSSR count). The van der Waals surface area contributed by atoms with E-state index in [-0.39, 0.29) is 39.8 Å². The second-order valence-corrected chi connectivity index (χ2v) is 16.4. The third-order valence-electron chi connectivity index (χ3n) is 13.2. The Bertz CT molecular complexity index is 1220. The summed E-state index contributed by atoms with van der Waals surface area (Å²) in [6.07, 6.45) is 10.6. The monoisotopic (exact) mass is 567 g/mol. The molecule has 4 saturated carbocycles. The molecule has 7 nitrogen and oxygen atoms in total. The van der Waals surface area contributed by atoms with Gasteiger partial charge >= 0.3 is 18.0 Å². The van der Waals surface area contributed by atoms with Gasteiger partial charge in [-0.15, -0.1) is 0 Å². The highest BCUT2D eigenvalue weighted by Crippen LogP contribution is 2.67. The minimum atomic E-state index is -0.761. The molecule has 0 radical (unpaired) electrons. The fourth-order valence-electron chi connectivity index (χ4n) is 9.66. The van der Waals surface area contributed by atoms with E-state index in [1.807, 2.05) is 32.9 Å². The first-order valence-corrected chi connectivity index (χ1v) is 15.7. The van der Waals surface area contributed by atoms with Gasteiger partial charge in [0, 0.05) is 16.9 Å². The van der Waals surface area contributed by atoms with Crippen LogP contribution in [-0.4, -0.2) is 52.8 Å². The quantitative estimate of drug-likeness (QED) is 0.165. The second kappa shape index (κ2) is 8.86. The Morgan fingerprint density at radius 3 is 1.85 bits per heavy atom. The van der Waals surface area contributed by atoms with Crippen molar-refractivity contribution >= 4 is 18.0 Å². The molecule has 5 fully saturated rings.